The molecule has 0 saturated heterocycles. The first-order valence-electron chi connectivity index (χ1n) is 2.87. The van der Waals surface area contributed by atoms with E-state index in [2.05, 4.69) is 0 Å². The summed E-state index contributed by atoms with van der Waals surface area (Å²) >= 11 is 0. The normalized spacial score (nSPS) is 9.00. The van der Waals surface area contributed by atoms with E-state index in [0.717, 1.165) is 0 Å². The van der Waals surface area contributed by atoms with Crippen LogP contribution in [-0.2, 0) is 0 Å². The van der Waals surface area contributed by atoms with Crippen molar-refractivity contribution < 1.29 is 24.9 Å². The van der Waals surface area contributed by atoms with Crippen LogP contribution in [0.15, 0.2) is 24.3 Å². The number of aromatic hydroxyl groups is 2. The SMILES string of the molecule is OP(O)O.Oc1ccccc1O. The van der Waals surface area contributed by atoms with Gasteiger partial charge in [0.1, 0.15) is 0 Å². The van der Waals surface area contributed by atoms with Crippen molar-refractivity contribution in [2.45, 2.75) is 0 Å². The molecule has 5 nitrogen and oxygen atoms in total. The number of hydrogen-bond donors (Lipinski definition) is 5. The molecule has 1 rings (SSSR count). The van der Waals surface area contributed by atoms with Gasteiger partial charge in [0, 0.05) is 0 Å². The minimum Gasteiger partial charge on any atom is -0.504 e. The van der Waals surface area contributed by atoms with Crippen molar-refractivity contribution in [2.75, 3.05) is 0 Å². The van der Waals surface area contributed by atoms with E-state index in [1.165, 1.54) is 12.1 Å². The zero-order valence-corrected chi connectivity index (χ0v) is 6.89. The Kier molecular flexibility index (Phi) is 5.32. The van der Waals surface area contributed by atoms with Crippen LogP contribution in [0.5, 0.6) is 11.5 Å². The van der Waals surface area contributed by atoms with Gasteiger partial charge in [-0.2, -0.15) is 0 Å². The van der Waals surface area contributed by atoms with Crippen molar-refractivity contribution in [3.8, 4) is 11.5 Å². The average Bonchev–Trinajstić information content (AvgIpc) is 1.94. The Hall–Kier alpha value is -0.870. The van der Waals surface area contributed by atoms with E-state index in [1.807, 2.05) is 0 Å². The van der Waals surface area contributed by atoms with Crippen LogP contribution < -0.4 is 0 Å². The average molecular weight is 192 g/mol. The number of hydrogen-bond acceptors (Lipinski definition) is 5. The number of benzene rings is 1. The van der Waals surface area contributed by atoms with Gasteiger partial charge in [-0.15, -0.1) is 0 Å². The molecule has 0 spiro atoms. The first-order valence-corrected chi connectivity index (χ1v) is 4.07. The zero-order valence-electron chi connectivity index (χ0n) is 5.99. The van der Waals surface area contributed by atoms with Gasteiger partial charge in [0.15, 0.2) is 11.5 Å². The summed E-state index contributed by atoms with van der Waals surface area (Å²) < 4.78 is 0. The van der Waals surface area contributed by atoms with Gasteiger partial charge in [-0.3, -0.25) is 0 Å². The molecule has 0 atom stereocenters. The van der Waals surface area contributed by atoms with E-state index in [1.54, 1.807) is 12.1 Å². The highest BCUT2D eigenvalue weighted by Crippen LogP contribution is 2.21. The quantitative estimate of drug-likeness (QED) is 0.300. The summed E-state index contributed by atoms with van der Waals surface area (Å²) in [5.74, 6) is -0.153. The van der Waals surface area contributed by atoms with Gasteiger partial charge in [0.05, 0.1) is 0 Å². The Morgan fingerprint density at radius 2 is 1.08 bits per heavy atom. The summed E-state index contributed by atoms with van der Waals surface area (Å²) in [7, 11) is -2.62. The van der Waals surface area contributed by atoms with Crippen LogP contribution in [0.4, 0.5) is 0 Å². The van der Waals surface area contributed by atoms with E-state index in [4.69, 9.17) is 24.9 Å². The summed E-state index contributed by atoms with van der Waals surface area (Å²) in [6, 6.07) is 6.15. The van der Waals surface area contributed by atoms with Gasteiger partial charge < -0.3 is 24.9 Å². The van der Waals surface area contributed by atoms with Crippen molar-refractivity contribution in [3.05, 3.63) is 24.3 Å². The predicted octanol–water partition coefficient (Wildman–Crippen LogP) is 0.288. The molecule has 0 amide bonds. The first kappa shape index (κ1) is 11.1. The molecule has 1 aromatic carbocycles. The molecule has 0 heterocycles. The second-order valence-electron chi connectivity index (χ2n) is 1.76. The standard InChI is InChI=1S/C6H6O2.H3O3P/c7-5-3-1-2-4-6(5)8;1-4(2)3/h1-4,7-8H;1-3H. The highest BCUT2D eigenvalue weighted by Gasteiger charge is 1.90. The maximum atomic E-state index is 8.67. The van der Waals surface area contributed by atoms with Crippen molar-refractivity contribution in [2.24, 2.45) is 0 Å². The molecule has 12 heavy (non-hydrogen) atoms. The van der Waals surface area contributed by atoms with Crippen LogP contribution in [0.3, 0.4) is 0 Å². The second kappa shape index (κ2) is 5.74. The zero-order chi connectivity index (χ0) is 9.56. The molecule has 0 aliphatic rings. The molecule has 0 unspecified atom stereocenters. The van der Waals surface area contributed by atoms with Crippen LogP contribution in [-0.4, -0.2) is 24.9 Å². The molecule has 0 fully saturated rings. The molecular weight excluding hydrogens is 183 g/mol. The van der Waals surface area contributed by atoms with E-state index in [0.29, 0.717) is 0 Å². The third kappa shape index (κ3) is 5.88. The van der Waals surface area contributed by atoms with Gasteiger partial charge in [0.2, 0.25) is 0 Å². The van der Waals surface area contributed by atoms with Crippen LogP contribution in [0.25, 0.3) is 0 Å². The third-order valence-corrected chi connectivity index (χ3v) is 0.882. The molecule has 5 N–H and O–H groups in total. The number of phenolic OH excluding ortho intramolecular Hbond substituents is 2. The van der Waals surface area contributed by atoms with Crippen LogP contribution in [0, 0.1) is 0 Å². The largest absolute Gasteiger partial charge is 0.504 e. The minimum absolute atomic E-state index is 0.0764. The van der Waals surface area contributed by atoms with Gasteiger partial charge in [-0.1, -0.05) is 12.1 Å². The van der Waals surface area contributed by atoms with Crippen LogP contribution >= 0.6 is 8.60 Å². The second-order valence-corrected chi connectivity index (χ2v) is 2.29. The Balaban J connectivity index is 0.000000261. The van der Waals surface area contributed by atoms with E-state index in [-0.39, 0.29) is 11.5 Å². The monoisotopic (exact) mass is 192 g/mol. The lowest BCUT2D eigenvalue weighted by molar-refractivity contribution is 0.368. The van der Waals surface area contributed by atoms with Gasteiger partial charge in [-0.25, -0.2) is 0 Å². The smallest absolute Gasteiger partial charge is 0.324 e. The Morgan fingerprint density at radius 3 is 1.25 bits per heavy atom. The molecule has 6 heteroatoms. The van der Waals surface area contributed by atoms with E-state index >= 15 is 0 Å². The highest BCUT2D eigenvalue weighted by atomic mass is 31.2. The maximum absolute atomic E-state index is 8.67. The Labute approximate surface area is 70.2 Å². The van der Waals surface area contributed by atoms with E-state index in [9.17, 15) is 0 Å². The number of rotatable bonds is 0. The van der Waals surface area contributed by atoms with Crippen molar-refractivity contribution in [1.29, 1.82) is 0 Å². The summed E-state index contributed by atoms with van der Waals surface area (Å²) in [5.41, 5.74) is 0. The molecule has 0 aliphatic carbocycles. The molecule has 0 aliphatic heterocycles. The molecule has 0 radical (unpaired) electrons. The molecular formula is C6H9O5P. The summed E-state index contributed by atoms with van der Waals surface area (Å²) in [6.45, 7) is 0. The molecule has 0 bridgehead atoms. The molecule has 68 valence electrons. The van der Waals surface area contributed by atoms with Crippen molar-refractivity contribution >= 4 is 8.60 Å². The molecule has 1 aromatic rings. The Bertz CT molecular complexity index is 203. The van der Waals surface area contributed by atoms with Crippen molar-refractivity contribution in [1.82, 2.24) is 0 Å². The first-order chi connectivity index (χ1) is 5.54. The minimum atomic E-state index is -2.62. The fourth-order valence-electron chi connectivity index (χ4n) is 0.464. The fraction of sp³-hybridized carbons (Fsp3) is 0. The highest BCUT2D eigenvalue weighted by molar-refractivity contribution is 7.38. The van der Waals surface area contributed by atoms with Gasteiger partial charge >= 0.3 is 8.60 Å². The molecule has 0 saturated carbocycles. The third-order valence-electron chi connectivity index (χ3n) is 0.882. The summed E-state index contributed by atoms with van der Waals surface area (Å²) in [5, 5.41) is 17.3. The fourth-order valence-corrected chi connectivity index (χ4v) is 0.464. The number of para-hydroxylation sites is 2. The lowest BCUT2D eigenvalue weighted by atomic mass is 10.3. The van der Waals surface area contributed by atoms with Crippen LogP contribution in [0.2, 0.25) is 0 Å². The molecule has 0 aromatic heterocycles. The van der Waals surface area contributed by atoms with E-state index < -0.39 is 8.60 Å². The van der Waals surface area contributed by atoms with Gasteiger partial charge in [-0.05, 0) is 12.1 Å². The predicted molar refractivity (Wildman–Crippen MR) is 43.3 cm³/mol. The van der Waals surface area contributed by atoms with Crippen molar-refractivity contribution in [3.63, 3.8) is 0 Å². The van der Waals surface area contributed by atoms with Crippen LogP contribution in [0.1, 0.15) is 0 Å². The summed E-state index contributed by atoms with van der Waals surface area (Å²) in [4.78, 5) is 21.7. The lowest BCUT2D eigenvalue weighted by Crippen LogP contribution is -1.63. The Morgan fingerprint density at radius 1 is 0.833 bits per heavy atom. The van der Waals surface area contributed by atoms with Gasteiger partial charge in [0.25, 0.3) is 0 Å². The lowest BCUT2D eigenvalue weighted by Gasteiger charge is -1.91. The maximum Gasteiger partial charge on any atom is 0.324 e. The number of phenols is 2. The topological polar surface area (TPSA) is 101 Å². The summed E-state index contributed by atoms with van der Waals surface area (Å²) in [6.07, 6.45) is 0.